The number of amides is 1. The van der Waals surface area contributed by atoms with Gasteiger partial charge in [-0.1, -0.05) is 17.7 Å². The van der Waals surface area contributed by atoms with Crippen LogP contribution in [0.3, 0.4) is 0 Å². The first-order valence-electron chi connectivity index (χ1n) is 9.02. The maximum Gasteiger partial charge on any atom is 0.263 e. The molecule has 142 valence electrons. The number of aliphatic hydroxyl groups is 1. The van der Waals surface area contributed by atoms with Gasteiger partial charge in [0.1, 0.15) is 17.4 Å². The van der Waals surface area contributed by atoms with E-state index in [9.17, 15) is 10.1 Å². The topological polar surface area (TPSA) is 94.4 Å². The minimum atomic E-state index is -0.424. The molecule has 6 nitrogen and oxygen atoms in total. The molecule has 0 aromatic heterocycles. The van der Waals surface area contributed by atoms with Crippen LogP contribution in [0.5, 0.6) is 5.75 Å². The third-order valence-electron chi connectivity index (χ3n) is 3.87. The van der Waals surface area contributed by atoms with Crippen molar-refractivity contribution in [3.63, 3.8) is 0 Å². The van der Waals surface area contributed by atoms with Gasteiger partial charge in [-0.05, 0) is 46.1 Å². The molecule has 0 fully saturated rings. The fourth-order valence-corrected chi connectivity index (χ4v) is 2.48. The highest BCUT2D eigenvalue weighted by Crippen LogP contribution is 2.26. The molecular weight excluding hydrogens is 330 g/mol. The Morgan fingerprint density at radius 2 is 2.15 bits per heavy atom. The normalized spacial score (nSPS) is 12.2. The van der Waals surface area contributed by atoms with Crippen molar-refractivity contribution >= 4 is 5.91 Å². The molecule has 0 saturated carbocycles. The lowest BCUT2D eigenvalue weighted by molar-refractivity contribution is -0.117. The van der Waals surface area contributed by atoms with Gasteiger partial charge < -0.3 is 20.5 Å². The molecule has 0 spiro atoms. The van der Waals surface area contributed by atoms with Crippen molar-refractivity contribution in [1.29, 1.82) is 5.26 Å². The summed E-state index contributed by atoms with van der Waals surface area (Å²) >= 11 is 0. The quantitative estimate of drug-likeness (QED) is 0.321. The molecule has 0 aliphatic heterocycles. The number of aryl methyl sites for hydroxylation is 1. The fourth-order valence-electron chi connectivity index (χ4n) is 2.48. The van der Waals surface area contributed by atoms with Crippen LogP contribution in [0.1, 0.15) is 50.3 Å². The van der Waals surface area contributed by atoms with Gasteiger partial charge in [0.25, 0.3) is 5.91 Å². The minimum Gasteiger partial charge on any atom is -0.494 e. The van der Waals surface area contributed by atoms with E-state index in [-0.39, 0.29) is 18.2 Å². The molecule has 1 aromatic rings. The Bertz CT molecular complexity index is 650. The number of nitriles is 1. The van der Waals surface area contributed by atoms with Crippen LogP contribution in [0.15, 0.2) is 30.0 Å². The molecule has 1 unspecified atom stereocenters. The zero-order valence-corrected chi connectivity index (χ0v) is 15.8. The zero-order valence-electron chi connectivity index (χ0n) is 15.8. The molecule has 1 aromatic carbocycles. The van der Waals surface area contributed by atoms with Gasteiger partial charge in [0, 0.05) is 24.9 Å². The van der Waals surface area contributed by atoms with Gasteiger partial charge in [0.05, 0.1) is 12.6 Å². The second-order valence-electron chi connectivity index (χ2n) is 6.08. The molecule has 0 bridgehead atoms. The van der Waals surface area contributed by atoms with Crippen molar-refractivity contribution in [2.24, 2.45) is 0 Å². The maximum atomic E-state index is 12.4. The van der Waals surface area contributed by atoms with Gasteiger partial charge >= 0.3 is 0 Å². The molecule has 1 rings (SSSR count). The monoisotopic (exact) mass is 359 g/mol. The van der Waals surface area contributed by atoms with Gasteiger partial charge in [-0.25, -0.2) is 0 Å². The summed E-state index contributed by atoms with van der Waals surface area (Å²) < 4.78 is 5.63. The molecule has 0 aliphatic carbocycles. The van der Waals surface area contributed by atoms with Crippen LogP contribution in [0.2, 0.25) is 0 Å². The van der Waals surface area contributed by atoms with Gasteiger partial charge in [-0.3, -0.25) is 4.79 Å². The van der Waals surface area contributed by atoms with E-state index in [0.29, 0.717) is 13.2 Å². The number of hydrogen-bond donors (Lipinski definition) is 3. The van der Waals surface area contributed by atoms with Crippen LogP contribution in [0.25, 0.3) is 0 Å². The highest BCUT2D eigenvalue weighted by molar-refractivity contribution is 5.97. The summed E-state index contributed by atoms with van der Waals surface area (Å²) in [6, 6.07) is 7.47. The SMILES string of the molecule is CCOc1ccc(C)cc1C(C)NC(=O)/C(C#N)=C\NCCCCCO. The second kappa shape index (κ2) is 11.9. The number of ether oxygens (including phenoxy) is 1. The largest absolute Gasteiger partial charge is 0.494 e. The number of rotatable bonds is 11. The molecule has 3 N–H and O–H groups in total. The first kappa shape index (κ1) is 21.5. The van der Waals surface area contributed by atoms with Crippen molar-refractivity contribution in [3.8, 4) is 11.8 Å². The summed E-state index contributed by atoms with van der Waals surface area (Å²) in [7, 11) is 0. The summed E-state index contributed by atoms with van der Waals surface area (Å²) in [6.45, 7) is 7.14. The minimum absolute atomic E-state index is 0.0321. The number of benzene rings is 1. The van der Waals surface area contributed by atoms with E-state index in [1.165, 1.54) is 6.20 Å². The third kappa shape index (κ3) is 7.16. The molecule has 0 saturated heterocycles. The lowest BCUT2D eigenvalue weighted by atomic mass is 10.0. The van der Waals surface area contributed by atoms with E-state index < -0.39 is 5.91 Å². The Morgan fingerprint density at radius 1 is 1.38 bits per heavy atom. The smallest absolute Gasteiger partial charge is 0.263 e. The molecule has 1 amide bonds. The molecule has 26 heavy (non-hydrogen) atoms. The Labute approximate surface area is 155 Å². The lowest BCUT2D eigenvalue weighted by Crippen LogP contribution is -2.29. The number of hydrogen-bond acceptors (Lipinski definition) is 5. The van der Waals surface area contributed by atoms with Gasteiger partial charge in [0.15, 0.2) is 0 Å². The molecule has 0 heterocycles. The predicted molar refractivity (Wildman–Crippen MR) is 102 cm³/mol. The molecular formula is C20H29N3O3. The van der Waals surface area contributed by atoms with Crippen molar-refractivity contribution in [3.05, 3.63) is 41.1 Å². The Kier molecular flexibility index (Phi) is 9.88. The first-order chi connectivity index (χ1) is 12.5. The number of aliphatic hydroxyl groups excluding tert-OH is 1. The molecule has 6 heteroatoms. The average Bonchev–Trinajstić information content (AvgIpc) is 2.62. The average molecular weight is 359 g/mol. The number of nitrogens with zero attached hydrogens (tertiary/aromatic N) is 1. The van der Waals surface area contributed by atoms with E-state index in [1.807, 2.05) is 45.0 Å². The summed E-state index contributed by atoms with van der Waals surface area (Å²) in [5, 5.41) is 23.8. The van der Waals surface area contributed by atoms with E-state index in [4.69, 9.17) is 9.84 Å². The summed E-state index contributed by atoms with van der Waals surface area (Å²) in [6.07, 6.45) is 3.97. The number of unbranched alkanes of at least 4 members (excludes halogenated alkanes) is 2. The van der Waals surface area contributed by atoms with Gasteiger partial charge in [0.2, 0.25) is 0 Å². The van der Waals surface area contributed by atoms with E-state index in [0.717, 1.165) is 36.1 Å². The summed E-state index contributed by atoms with van der Waals surface area (Å²) in [5.74, 6) is 0.308. The van der Waals surface area contributed by atoms with Crippen molar-refractivity contribution < 1.29 is 14.6 Å². The Morgan fingerprint density at radius 3 is 2.81 bits per heavy atom. The maximum absolute atomic E-state index is 12.4. The highest BCUT2D eigenvalue weighted by atomic mass is 16.5. The summed E-state index contributed by atoms with van der Waals surface area (Å²) in [5.41, 5.74) is 1.99. The van der Waals surface area contributed by atoms with Crippen molar-refractivity contribution in [2.75, 3.05) is 19.8 Å². The Balaban J connectivity index is 2.69. The number of carbonyl (C=O) groups excluding carboxylic acids is 1. The molecule has 0 radical (unpaired) electrons. The van der Waals surface area contributed by atoms with E-state index in [2.05, 4.69) is 10.6 Å². The van der Waals surface area contributed by atoms with Gasteiger partial charge in [-0.15, -0.1) is 0 Å². The number of carbonyl (C=O) groups is 1. The van der Waals surface area contributed by atoms with Gasteiger partial charge in [-0.2, -0.15) is 5.26 Å². The fraction of sp³-hybridized carbons (Fsp3) is 0.500. The van der Waals surface area contributed by atoms with Crippen LogP contribution in [-0.2, 0) is 4.79 Å². The predicted octanol–water partition coefficient (Wildman–Crippen LogP) is 2.73. The first-order valence-corrected chi connectivity index (χ1v) is 9.02. The number of nitrogens with one attached hydrogen (secondary N) is 2. The van der Waals surface area contributed by atoms with Crippen LogP contribution >= 0.6 is 0 Å². The third-order valence-corrected chi connectivity index (χ3v) is 3.87. The van der Waals surface area contributed by atoms with Crippen LogP contribution in [0.4, 0.5) is 0 Å². The molecule has 0 aliphatic rings. The standard InChI is InChI=1S/C20H29N3O3/c1-4-26-19-9-8-15(2)12-18(19)16(3)23-20(25)17(13-21)14-22-10-6-5-7-11-24/h8-9,12,14,16,22,24H,4-7,10-11H2,1-3H3,(H,23,25)/b17-14-. The zero-order chi connectivity index (χ0) is 19.4. The Hall–Kier alpha value is -2.52. The van der Waals surface area contributed by atoms with Crippen LogP contribution in [-0.4, -0.2) is 30.8 Å². The summed E-state index contributed by atoms with van der Waals surface area (Å²) in [4.78, 5) is 12.4. The van der Waals surface area contributed by atoms with Crippen molar-refractivity contribution in [2.45, 2.75) is 46.1 Å². The van der Waals surface area contributed by atoms with Crippen LogP contribution < -0.4 is 15.4 Å². The van der Waals surface area contributed by atoms with Crippen LogP contribution in [0, 0.1) is 18.3 Å². The molecule has 1 atom stereocenters. The van der Waals surface area contributed by atoms with E-state index >= 15 is 0 Å². The second-order valence-corrected chi connectivity index (χ2v) is 6.08. The highest BCUT2D eigenvalue weighted by Gasteiger charge is 2.17. The lowest BCUT2D eigenvalue weighted by Gasteiger charge is -2.18. The van der Waals surface area contributed by atoms with E-state index in [1.54, 1.807) is 0 Å². The van der Waals surface area contributed by atoms with Crippen molar-refractivity contribution in [1.82, 2.24) is 10.6 Å².